The summed E-state index contributed by atoms with van der Waals surface area (Å²) >= 11 is 0. The molecule has 35 heavy (non-hydrogen) atoms. The first kappa shape index (κ1) is 25.2. The summed E-state index contributed by atoms with van der Waals surface area (Å²) in [7, 11) is 0. The molecule has 3 aromatic carbocycles. The van der Waals surface area contributed by atoms with Crippen LogP contribution in [-0.4, -0.2) is 0 Å². The number of rotatable bonds is 7. The molecule has 0 unspecified atom stereocenters. The highest BCUT2D eigenvalue weighted by atomic mass is 19.4. The lowest BCUT2D eigenvalue weighted by Gasteiger charge is -2.28. The molecule has 4 rings (SSSR count). The summed E-state index contributed by atoms with van der Waals surface area (Å²) in [5.74, 6) is -0.390. The number of hydrogen-bond donors (Lipinski definition) is 0. The van der Waals surface area contributed by atoms with E-state index in [1.54, 1.807) is 30.3 Å². The van der Waals surface area contributed by atoms with Crippen molar-refractivity contribution in [3.63, 3.8) is 0 Å². The van der Waals surface area contributed by atoms with E-state index in [4.69, 9.17) is 4.74 Å². The Morgan fingerprint density at radius 3 is 2.09 bits per heavy atom. The van der Waals surface area contributed by atoms with Crippen LogP contribution >= 0.6 is 0 Å². The largest absolute Gasteiger partial charge is 0.454 e. The van der Waals surface area contributed by atoms with Gasteiger partial charge < -0.3 is 4.74 Å². The molecule has 0 atom stereocenters. The topological polar surface area (TPSA) is 9.23 Å². The Balaban J connectivity index is 1.63. The summed E-state index contributed by atoms with van der Waals surface area (Å²) in [6, 6.07) is 14.0. The van der Waals surface area contributed by atoms with E-state index in [0.29, 0.717) is 17.9 Å². The zero-order chi connectivity index (χ0) is 25.0. The van der Waals surface area contributed by atoms with Crippen molar-refractivity contribution < 1.29 is 26.7 Å². The maximum atomic E-state index is 15.8. The van der Waals surface area contributed by atoms with Gasteiger partial charge in [-0.05, 0) is 60.6 Å². The Labute approximate surface area is 202 Å². The van der Waals surface area contributed by atoms with Gasteiger partial charge in [-0.15, -0.1) is 0 Å². The molecule has 0 radical (unpaired) electrons. The maximum Gasteiger partial charge on any atom is 0.416 e. The smallest absolute Gasteiger partial charge is 0.416 e. The molecule has 186 valence electrons. The van der Waals surface area contributed by atoms with Crippen molar-refractivity contribution in [2.45, 2.75) is 58.0 Å². The van der Waals surface area contributed by atoms with E-state index in [-0.39, 0.29) is 29.0 Å². The fourth-order valence-corrected chi connectivity index (χ4v) is 4.91. The molecule has 0 N–H and O–H groups in total. The third-order valence-corrected chi connectivity index (χ3v) is 7.10. The van der Waals surface area contributed by atoms with Gasteiger partial charge in [-0.25, -0.2) is 8.78 Å². The van der Waals surface area contributed by atoms with Crippen molar-refractivity contribution in [3.05, 3.63) is 83.4 Å². The highest BCUT2D eigenvalue weighted by molar-refractivity contribution is 5.72. The van der Waals surface area contributed by atoms with Gasteiger partial charge in [-0.1, -0.05) is 69.4 Å². The molecule has 1 aliphatic carbocycles. The van der Waals surface area contributed by atoms with Gasteiger partial charge in [0, 0.05) is 11.1 Å². The monoisotopic (exact) mass is 488 g/mol. The predicted molar refractivity (Wildman–Crippen MR) is 127 cm³/mol. The van der Waals surface area contributed by atoms with Gasteiger partial charge in [-0.3, -0.25) is 0 Å². The fraction of sp³-hybridized carbons (Fsp3) is 0.379. The van der Waals surface area contributed by atoms with E-state index in [0.717, 1.165) is 55.9 Å². The van der Waals surface area contributed by atoms with Crippen LogP contribution in [0, 0.1) is 23.5 Å². The number of alkyl halides is 3. The molecule has 1 saturated carbocycles. The lowest BCUT2D eigenvalue weighted by atomic mass is 9.78. The van der Waals surface area contributed by atoms with Crippen molar-refractivity contribution in [3.8, 4) is 22.6 Å². The number of ether oxygens (including phenoxy) is 1. The number of benzene rings is 3. The molecule has 6 heteroatoms. The average molecular weight is 489 g/mol. The van der Waals surface area contributed by atoms with Crippen LogP contribution in [0.5, 0.6) is 11.5 Å². The summed E-state index contributed by atoms with van der Waals surface area (Å²) in [5.41, 5.74) is -0.0975. The van der Waals surface area contributed by atoms with Crippen LogP contribution in [-0.2, 0) is 12.6 Å². The molecule has 0 saturated heterocycles. The SMILES string of the molecule is CCC1CCC(CCc2c(F)cc(-c3ccccc3)c(Oc3ccc(C(F)(F)F)cc3)c2F)CC1. The lowest BCUT2D eigenvalue weighted by Crippen LogP contribution is -2.15. The van der Waals surface area contributed by atoms with Crippen LogP contribution in [0.4, 0.5) is 22.0 Å². The second-order valence-electron chi connectivity index (χ2n) is 9.35. The molecule has 3 aromatic rings. The zero-order valence-corrected chi connectivity index (χ0v) is 19.7. The summed E-state index contributed by atoms with van der Waals surface area (Å²) in [6.45, 7) is 2.20. The lowest BCUT2D eigenvalue weighted by molar-refractivity contribution is -0.137. The molecule has 1 fully saturated rings. The van der Waals surface area contributed by atoms with Crippen LogP contribution in [0.15, 0.2) is 60.7 Å². The Kier molecular flexibility index (Phi) is 7.78. The van der Waals surface area contributed by atoms with E-state index >= 15 is 8.78 Å². The number of halogens is 5. The first-order valence-corrected chi connectivity index (χ1v) is 12.2. The molecular formula is C29H29F5O. The second kappa shape index (κ2) is 10.8. The third kappa shape index (κ3) is 6.03. The van der Waals surface area contributed by atoms with Gasteiger partial charge in [0.2, 0.25) is 0 Å². The Hall–Kier alpha value is -2.89. The summed E-state index contributed by atoms with van der Waals surface area (Å²) < 4.78 is 75.5. The zero-order valence-electron chi connectivity index (χ0n) is 19.7. The van der Waals surface area contributed by atoms with Gasteiger partial charge in [0.15, 0.2) is 11.6 Å². The van der Waals surface area contributed by atoms with Gasteiger partial charge in [0.25, 0.3) is 0 Å². The minimum absolute atomic E-state index is 0.0378. The predicted octanol–water partition coefficient (Wildman–Crippen LogP) is 9.59. The van der Waals surface area contributed by atoms with Gasteiger partial charge in [-0.2, -0.15) is 13.2 Å². The van der Waals surface area contributed by atoms with Gasteiger partial charge in [0.05, 0.1) is 5.56 Å². The molecule has 0 amide bonds. The Bertz CT molecular complexity index is 1110. The highest BCUT2D eigenvalue weighted by Crippen LogP contribution is 2.41. The summed E-state index contributed by atoms with van der Waals surface area (Å²) in [5, 5.41) is 0. The minimum atomic E-state index is -4.49. The van der Waals surface area contributed by atoms with Crippen LogP contribution < -0.4 is 4.74 Å². The first-order valence-electron chi connectivity index (χ1n) is 12.2. The van der Waals surface area contributed by atoms with Crippen molar-refractivity contribution in [2.24, 2.45) is 11.8 Å². The van der Waals surface area contributed by atoms with E-state index in [2.05, 4.69) is 6.92 Å². The van der Waals surface area contributed by atoms with Crippen LogP contribution in [0.2, 0.25) is 0 Å². The second-order valence-corrected chi connectivity index (χ2v) is 9.35. The van der Waals surface area contributed by atoms with E-state index in [1.807, 2.05) is 0 Å². The van der Waals surface area contributed by atoms with Gasteiger partial charge in [0.1, 0.15) is 11.6 Å². The van der Waals surface area contributed by atoms with Crippen molar-refractivity contribution in [2.75, 3.05) is 0 Å². The van der Waals surface area contributed by atoms with E-state index < -0.39 is 23.4 Å². The Morgan fingerprint density at radius 1 is 0.857 bits per heavy atom. The Morgan fingerprint density at radius 2 is 1.49 bits per heavy atom. The molecule has 0 heterocycles. The normalized spacial score (nSPS) is 18.5. The molecule has 0 bridgehead atoms. The van der Waals surface area contributed by atoms with Crippen molar-refractivity contribution in [1.82, 2.24) is 0 Å². The molecule has 1 nitrogen and oxygen atoms in total. The van der Waals surface area contributed by atoms with Crippen molar-refractivity contribution >= 4 is 0 Å². The average Bonchev–Trinajstić information content (AvgIpc) is 2.86. The van der Waals surface area contributed by atoms with Crippen LogP contribution in [0.3, 0.4) is 0 Å². The van der Waals surface area contributed by atoms with Crippen LogP contribution in [0.1, 0.15) is 56.6 Å². The molecule has 0 aliphatic heterocycles. The third-order valence-electron chi connectivity index (χ3n) is 7.10. The minimum Gasteiger partial charge on any atom is -0.454 e. The standard InChI is InChI=1S/C29H29F5O/c1-2-19-8-10-20(11-9-19)12-17-24-26(30)18-25(21-6-4-3-5-7-21)28(27(24)31)35-23-15-13-22(14-16-23)29(32,33)34/h3-7,13-16,18-20H,2,8-12,17H2,1H3. The summed E-state index contributed by atoms with van der Waals surface area (Å²) in [4.78, 5) is 0. The van der Waals surface area contributed by atoms with E-state index in [1.165, 1.54) is 12.5 Å². The van der Waals surface area contributed by atoms with Crippen molar-refractivity contribution in [1.29, 1.82) is 0 Å². The maximum absolute atomic E-state index is 15.8. The molecule has 0 spiro atoms. The number of hydrogen-bond acceptors (Lipinski definition) is 1. The molecule has 0 aromatic heterocycles. The quantitative estimate of drug-likeness (QED) is 0.301. The van der Waals surface area contributed by atoms with Gasteiger partial charge >= 0.3 is 6.18 Å². The molecular weight excluding hydrogens is 459 g/mol. The summed E-state index contributed by atoms with van der Waals surface area (Å²) in [6.07, 6.45) is 2.06. The van der Waals surface area contributed by atoms with Crippen LogP contribution in [0.25, 0.3) is 11.1 Å². The first-order chi connectivity index (χ1) is 16.8. The molecule has 1 aliphatic rings. The fourth-order valence-electron chi connectivity index (χ4n) is 4.91. The van der Waals surface area contributed by atoms with E-state index in [9.17, 15) is 13.2 Å². The highest BCUT2D eigenvalue weighted by Gasteiger charge is 2.30.